The van der Waals surface area contributed by atoms with Crippen molar-refractivity contribution in [3.8, 4) is 0 Å². The topological polar surface area (TPSA) is 12.5 Å². The molecule has 1 aliphatic heterocycles. The molecule has 2 atom stereocenters. The van der Waals surface area contributed by atoms with E-state index < -0.39 is 9.20 Å². The Bertz CT molecular complexity index is 123. The van der Waals surface area contributed by atoms with Gasteiger partial charge >= 0.3 is 0 Å². The van der Waals surface area contributed by atoms with Crippen molar-refractivity contribution in [2.75, 3.05) is 13.7 Å². The van der Waals surface area contributed by atoms with Gasteiger partial charge in [0.1, 0.15) is 0 Å². The number of rotatable bonds is 3. The lowest BCUT2D eigenvalue weighted by atomic mass is 10.3. The summed E-state index contributed by atoms with van der Waals surface area (Å²) in [6, 6.07) is 3.57. The summed E-state index contributed by atoms with van der Waals surface area (Å²) in [5, 5.41) is 0. The van der Waals surface area contributed by atoms with Crippen molar-refractivity contribution in [1.82, 2.24) is 4.57 Å². The zero-order valence-corrected chi connectivity index (χ0v) is 11.0. The van der Waals surface area contributed by atoms with Gasteiger partial charge in [-0.25, -0.2) is 0 Å². The number of nitrogens with zero attached hydrogens (tertiary/aromatic N) is 1. The lowest BCUT2D eigenvalue weighted by Gasteiger charge is -2.27. The zero-order valence-electron chi connectivity index (χ0n) is 7.84. The second-order valence-electron chi connectivity index (χ2n) is 3.33. The van der Waals surface area contributed by atoms with Crippen LogP contribution in [-0.4, -0.2) is 43.7 Å². The standard InChI is InChI=1S/C7H19NOSi2/c1-7(6-10)8-4-3-5-11(8)9-2/h7,11H,3-6H2,1-2,10H3. The molecule has 0 N–H and O–H groups in total. The lowest BCUT2D eigenvalue weighted by Crippen LogP contribution is -2.41. The fraction of sp³-hybridized carbons (Fsp3) is 1.00. The molecule has 4 heteroatoms. The summed E-state index contributed by atoms with van der Waals surface area (Å²) in [6.45, 7) is 3.64. The SMILES string of the molecule is CO[SiH]1CCCN1C(C)C[SiH3]. The molecule has 0 amide bonds. The van der Waals surface area contributed by atoms with Crippen LogP contribution in [0.4, 0.5) is 0 Å². The first-order valence-corrected chi connectivity index (χ1v) is 7.80. The van der Waals surface area contributed by atoms with Crippen LogP contribution in [0.3, 0.4) is 0 Å². The number of hydrogen-bond acceptors (Lipinski definition) is 2. The van der Waals surface area contributed by atoms with Crippen LogP contribution in [0, 0.1) is 0 Å². The van der Waals surface area contributed by atoms with Gasteiger partial charge in [-0.05, 0) is 25.1 Å². The van der Waals surface area contributed by atoms with Gasteiger partial charge in [0.15, 0.2) is 0 Å². The Morgan fingerprint density at radius 1 is 1.73 bits per heavy atom. The van der Waals surface area contributed by atoms with Gasteiger partial charge in [-0.2, -0.15) is 0 Å². The molecular formula is C7H19NOSi2. The molecule has 0 spiro atoms. The van der Waals surface area contributed by atoms with Gasteiger partial charge in [0.05, 0.1) is 0 Å². The van der Waals surface area contributed by atoms with E-state index in [0.717, 1.165) is 6.04 Å². The normalized spacial score (nSPS) is 29.5. The molecule has 66 valence electrons. The van der Waals surface area contributed by atoms with E-state index >= 15 is 0 Å². The Kier molecular flexibility index (Phi) is 3.77. The van der Waals surface area contributed by atoms with E-state index in [1.165, 1.54) is 35.3 Å². The Morgan fingerprint density at radius 2 is 2.45 bits per heavy atom. The van der Waals surface area contributed by atoms with Gasteiger partial charge in [-0.3, -0.25) is 0 Å². The molecule has 11 heavy (non-hydrogen) atoms. The lowest BCUT2D eigenvalue weighted by molar-refractivity contribution is 0.305. The van der Waals surface area contributed by atoms with Gasteiger partial charge in [-0.15, -0.1) is 0 Å². The van der Waals surface area contributed by atoms with Crippen molar-refractivity contribution in [3.63, 3.8) is 0 Å². The fourth-order valence-electron chi connectivity index (χ4n) is 1.75. The van der Waals surface area contributed by atoms with E-state index in [1.54, 1.807) is 0 Å². The Labute approximate surface area is 74.1 Å². The maximum Gasteiger partial charge on any atom is 0.254 e. The number of hydrogen-bond donors (Lipinski definition) is 0. The van der Waals surface area contributed by atoms with Crippen LogP contribution in [0.5, 0.6) is 0 Å². The molecule has 0 aromatic heterocycles. The van der Waals surface area contributed by atoms with E-state index in [-0.39, 0.29) is 0 Å². The maximum absolute atomic E-state index is 5.53. The van der Waals surface area contributed by atoms with Gasteiger partial charge in [0.25, 0.3) is 9.20 Å². The molecule has 1 heterocycles. The molecule has 2 nitrogen and oxygen atoms in total. The van der Waals surface area contributed by atoms with E-state index in [0.29, 0.717) is 0 Å². The third-order valence-electron chi connectivity index (χ3n) is 2.67. The highest BCUT2D eigenvalue weighted by Crippen LogP contribution is 2.18. The summed E-state index contributed by atoms with van der Waals surface area (Å²) in [4.78, 5) is 0. The van der Waals surface area contributed by atoms with Crippen LogP contribution in [-0.2, 0) is 4.43 Å². The Morgan fingerprint density at radius 3 is 3.00 bits per heavy atom. The molecule has 2 unspecified atom stereocenters. The Balaban J connectivity index is 2.42. The van der Waals surface area contributed by atoms with Crippen LogP contribution >= 0.6 is 0 Å². The van der Waals surface area contributed by atoms with Crippen molar-refractivity contribution in [2.24, 2.45) is 0 Å². The molecule has 0 aromatic carbocycles. The zero-order chi connectivity index (χ0) is 8.27. The van der Waals surface area contributed by atoms with E-state index in [1.807, 2.05) is 7.11 Å². The van der Waals surface area contributed by atoms with Crippen LogP contribution in [0.25, 0.3) is 0 Å². The third-order valence-corrected chi connectivity index (χ3v) is 6.80. The highest BCUT2D eigenvalue weighted by Gasteiger charge is 2.29. The molecule has 0 radical (unpaired) electrons. The van der Waals surface area contributed by atoms with Crippen LogP contribution in [0.2, 0.25) is 12.1 Å². The predicted octanol–water partition coefficient (Wildman–Crippen LogP) is -0.269. The average molecular weight is 189 g/mol. The molecular weight excluding hydrogens is 170 g/mol. The summed E-state index contributed by atoms with van der Waals surface area (Å²) in [5.41, 5.74) is 0. The first-order valence-electron chi connectivity index (χ1n) is 4.58. The van der Waals surface area contributed by atoms with Crippen molar-refractivity contribution >= 4 is 19.4 Å². The van der Waals surface area contributed by atoms with Gasteiger partial charge in [-0.1, -0.05) is 13.0 Å². The first kappa shape index (κ1) is 9.44. The first-order chi connectivity index (χ1) is 5.29. The van der Waals surface area contributed by atoms with E-state index in [9.17, 15) is 0 Å². The van der Waals surface area contributed by atoms with Crippen LogP contribution in [0.1, 0.15) is 13.3 Å². The van der Waals surface area contributed by atoms with E-state index in [4.69, 9.17) is 4.43 Å². The Hall–Kier alpha value is 0.354. The van der Waals surface area contributed by atoms with Crippen molar-refractivity contribution in [3.05, 3.63) is 0 Å². The molecule has 0 aliphatic carbocycles. The third kappa shape index (κ3) is 2.14. The van der Waals surface area contributed by atoms with Crippen LogP contribution in [0.15, 0.2) is 0 Å². The smallest absolute Gasteiger partial charge is 0.254 e. The molecule has 1 fully saturated rings. The molecule has 1 saturated heterocycles. The van der Waals surface area contributed by atoms with Crippen molar-refractivity contribution in [2.45, 2.75) is 31.5 Å². The summed E-state index contributed by atoms with van der Waals surface area (Å²) >= 11 is 0. The van der Waals surface area contributed by atoms with E-state index in [2.05, 4.69) is 11.5 Å². The second kappa shape index (κ2) is 4.40. The highest BCUT2D eigenvalue weighted by atomic mass is 28.3. The van der Waals surface area contributed by atoms with Crippen molar-refractivity contribution in [1.29, 1.82) is 0 Å². The molecule has 0 bridgehead atoms. The molecule has 0 aromatic rings. The largest absolute Gasteiger partial charge is 0.409 e. The maximum atomic E-state index is 5.53. The predicted molar refractivity (Wildman–Crippen MR) is 54.5 cm³/mol. The fourth-order valence-corrected chi connectivity index (χ4v) is 5.26. The quantitative estimate of drug-likeness (QED) is 0.567. The summed E-state index contributed by atoms with van der Waals surface area (Å²) in [7, 11) is 2.32. The van der Waals surface area contributed by atoms with Crippen LogP contribution < -0.4 is 0 Å². The minimum atomic E-state index is -0.895. The molecule has 0 saturated carbocycles. The van der Waals surface area contributed by atoms with Gasteiger partial charge < -0.3 is 8.99 Å². The van der Waals surface area contributed by atoms with Crippen molar-refractivity contribution < 1.29 is 4.43 Å². The summed E-state index contributed by atoms with van der Waals surface area (Å²) < 4.78 is 8.16. The monoisotopic (exact) mass is 189 g/mol. The highest BCUT2D eigenvalue weighted by molar-refractivity contribution is 6.49. The minimum absolute atomic E-state index is 0.806. The average Bonchev–Trinajstić information content (AvgIpc) is 2.50. The molecule has 1 aliphatic rings. The van der Waals surface area contributed by atoms with Gasteiger partial charge in [0.2, 0.25) is 0 Å². The van der Waals surface area contributed by atoms with Gasteiger partial charge in [0, 0.05) is 17.4 Å². The summed E-state index contributed by atoms with van der Waals surface area (Å²) in [6.07, 6.45) is 1.37. The summed E-state index contributed by atoms with van der Waals surface area (Å²) in [5.74, 6) is 0. The minimum Gasteiger partial charge on any atom is -0.409 e. The molecule has 1 rings (SSSR count). The second-order valence-corrected chi connectivity index (χ2v) is 6.77.